The van der Waals surface area contributed by atoms with Gasteiger partial charge in [0.15, 0.2) is 6.10 Å². The molecule has 1 atom stereocenters. The third-order valence-electron chi connectivity index (χ3n) is 3.67. The van der Waals surface area contributed by atoms with Crippen LogP contribution in [0.1, 0.15) is 28.4 Å². The molecule has 7 heteroatoms. The summed E-state index contributed by atoms with van der Waals surface area (Å²) < 4.78 is 6.08. The van der Waals surface area contributed by atoms with Crippen molar-refractivity contribution in [2.75, 3.05) is 0 Å². The Morgan fingerprint density at radius 2 is 1.88 bits per heavy atom. The van der Waals surface area contributed by atoms with Crippen LogP contribution in [0.15, 0.2) is 40.1 Å². The van der Waals surface area contributed by atoms with Crippen molar-refractivity contribution >= 4 is 11.8 Å². The van der Waals surface area contributed by atoms with Crippen LogP contribution in [-0.4, -0.2) is 27.4 Å². The molecule has 0 saturated carbocycles. The predicted octanol–water partition coefficient (Wildman–Crippen LogP) is 0.968. The molecule has 24 heavy (non-hydrogen) atoms. The highest BCUT2D eigenvalue weighted by atomic mass is 16.5. The van der Waals surface area contributed by atoms with Gasteiger partial charge in [0.05, 0.1) is 0 Å². The van der Waals surface area contributed by atoms with Gasteiger partial charge in [-0.2, -0.15) is 0 Å². The number of aromatic amines is 1. The zero-order chi connectivity index (χ0) is 17.9. The number of ether oxygens (including phenoxy) is 1. The summed E-state index contributed by atoms with van der Waals surface area (Å²) in [6.07, 6.45) is 0.219. The van der Waals surface area contributed by atoms with E-state index >= 15 is 0 Å². The molecule has 0 fully saturated rings. The number of nitrogens with zero attached hydrogens (tertiary/aromatic N) is 1. The zero-order valence-corrected chi connectivity index (χ0v) is 13.7. The summed E-state index contributed by atoms with van der Waals surface area (Å²) in [6.45, 7) is 4.92. The molecule has 0 spiro atoms. The van der Waals surface area contributed by atoms with E-state index < -0.39 is 23.3 Å². The third kappa shape index (κ3) is 4.07. The third-order valence-corrected chi connectivity index (χ3v) is 3.67. The topological polar surface area (TPSA) is 98.2 Å². The van der Waals surface area contributed by atoms with Crippen LogP contribution in [-0.2, 0) is 16.1 Å². The Bertz CT molecular complexity index is 894. The molecule has 0 aliphatic heterocycles. The number of Topliss-reactive ketones (excluding diaryl/α,β-unsaturated/α-hetero) is 1. The minimum atomic E-state index is -0.974. The number of hydrogen-bond donors (Lipinski definition) is 1. The van der Waals surface area contributed by atoms with Crippen molar-refractivity contribution in [1.82, 2.24) is 9.55 Å². The summed E-state index contributed by atoms with van der Waals surface area (Å²) in [7, 11) is 0. The van der Waals surface area contributed by atoms with Crippen molar-refractivity contribution in [2.45, 2.75) is 33.4 Å². The fourth-order valence-electron chi connectivity index (χ4n) is 2.13. The number of carbonyl (C=O) groups is 2. The molecule has 0 bridgehead atoms. The molecule has 1 aromatic heterocycles. The quantitative estimate of drug-likeness (QED) is 0.650. The summed E-state index contributed by atoms with van der Waals surface area (Å²) in [5, 5.41) is 0. The second kappa shape index (κ2) is 7.08. The Kier molecular flexibility index (Phi) is 5.13. The van der Waals surface area contributed by atoms with Crippen LogP contribution in [0.4, 0.5) is 0 Å². The van der Waals surface area contributed by atoms with Gasteiger partial charge >= 0.3 is 11.7 Å². The van der Waals surface area contributed by atoms with Crippen molar-refractivity contribution in [2.24, 2.45) is 0 Å². The van der Waals surface area contributed by atoms with Gasteiger partial charge in [-0.25, -0.2) is 4.79 Å². The summed E-state index contributed by atoms with van der Waals surface area (Å²) in [4.78, 5) is 48.7. The molecule has 2 rings (SSSR count). The first-order chi connectivity index (χ1) is 11.3. The van der Waals surface area contributed by atoms with E-state index in [2.05, 4.69) is 0 Å². The summed E-state index contributed by atoms with van der Waals surface area (Å²) in [6, 6.07) is 6.38. The molecule has 0 amide bonds. The second-order valence-electron chi connectivity index (χ2n) is 5.53. The van der Waals surface area contributed by atoms with Crippen molar-refractivity contribution < 1.29 is 14.3 Å². The number of hydrogen-bond acceptors (Lipinski definition) is 5. The summed E-state index contributed by atoms with van der Waals surface area (Å²) in [5.41, 5.74) is 1.22. The number of ketones is 1. The standard InChI is InChI=1S/C17H18N2O5/c1-10-4-5-13(8-11(10)2)16(22)12(3)24-15(21)9-19-7-6-14(20)18-17(19)23/h4-8,12H,9H2,1-3H3,(H,18,20,23)/t12-/m1/s1. The normalized spacial score (nSPS) is 11.8. The highest BCUT2D eigenvalue weighted by Crippen LogP contribution is 2.13. The van der Waals surface area contributed by atoms with E-state index in [1.165, 1.54) is 13.1 Å². The van der Waals surface area contributed by atoms with Gasteiger partial charge < -0.3 is 4.74 Å². The summed E-state index contributed by atoms with van der Waals surface area (Å²) >= 11 is 0. The van der Waals surface area contributed by atoms with E-state index in [0.29, 0.717) is 5.56 Å². The van der Waals surface area contributed by atoms with Crippen molar-refractivity contribution in [3.05, 3.63) is 68.0 Å². The first-order valence-electron chi connectivity index (χ1n) is 7.38. The lowest BCUT2D eigenvalue weighted by molar-refractivity contribution is -0.147. The molecule has 0 unspecified atom stereocenters. The Morgan fingerprint density at radius 1 is 1.17 bits per heavy atom. The highest BCUT2D eigenvalue weighted by molar-refractivity contribution is 6.00. The van der Waals surface area contributed by atoms with Crippen LogP contribution >= 0.6 is 0 Å². The Hall–Kier alpha value is -2.96. The van der Waals surface area contributed by atoms with E-state index in [-0.39, 0.29) is 12.3 Å². The highest BCUT2D eigenvalue weighted by Gasteiger charge is 2.20. The molecule has 1 aromatic carbocycles. The van der Waals surface area contributed by atoms with Crippen LogP contribution in [0.3, 0.4) is 0 Å². The van der Waals surface area contributed by atoms with E-state index in [1.54, 1.807) is 12.1 Å². The smallest absolute Gasteiger partial charge is 0.328 e. The number of aryl methyl sites for hydroxylation is 2. The maximum atomic E-state index is 12.3. The van der Waals surface area contributed by atoms with Gasteiger partial charge in [0, 0.05) is 17.8 Å². The fraction of sp³-hybridized carbons (Fsp3) is 0.294. The lowest BCUT2D eigenvalue weighted by Crippen LogP contribution is -2.33. The molecule has 0 aliphatic rings. The van der Waals surface area contributed by atoms with Crippen molar-refractivity contribution in [3.8, 4) is 0 Å². The van der Waals surface area contributed by atoms with Crippen molar-refractivity contribution in [1.29, 1.82) is 0 Å². The van der Waals surface area contributed by atoms with Crippen molar-refractivity contribution in [3.63, 3.8) is 0 Å². The number of esters is 1. The van der Waals surface area contributed by atoms with Gasteiger partial charge in [-0.05, 0) is 38.0 Å². The first kappa shape index (κ1) is 17.4. The van der Waals surface area contributed by atoms with Crippen LogP contribution in [0.25, 0.3) is 0 Å². The SMILES string of the molecule is Cc1ccc(C(=O)[C@@H](C)OC(=O)Cn2ccc(=O)[nH]c2=O)cc1C. The molecule has 0 aliphatic carbocycles. The Morgan fingerprint density at radius 3 is 2.50 bits per heavy atom. The lowest BCUT2D eigenvalue weighted by Gasteiger charge is -2.13. The number of carbonyl (C=O) groups excluding carboxylic acids is 2. The van der Waals surface area contributed by atoms with Gasteiger partial charge in [-0.15, -0.1) is 0 Å². The molecular weight excluding hydrogens is 312 g/mol. The Balaban J connectivity index is 2.05. The maximum absolute atomic E-state index is 12.3. The van der Waals surface area contributed by atoms with Gasteiger partial charge in [0.25, 0.3) is 5.56 Å². The van der Waals surface area contributed by atoms with Crippen LogP contribution in [0.5, 0.6) is 0 Å². The largest absolute Gasteiger partial charge is 0.453 e. The van der Waals surface area contributed by atoms with E-state index in [4.69, 9.17) is 4.74 Å². The molecule has 0 saturated heterocycles. The predicted molar refractivity (Wildman–Crippen MR) is 87.1 cm³/mol. The minimum absolute atomic E-state index is 0.319. The van der Waals surface area contributed by atoms with Gasteiger partial charge in [0.2, 0.25) is 5.78 Å². The minimum Gasteiger partial charge on any atom is -0.453 e. The zero-order valence-electron chi connectivity index (χ0n) is 13.7. The number of H-pyrrole nitrogens is 1. The number of nitrogens with one attached hydrogen (secondary N) is 1. The maximum Gasteiger partial charge on any atom is 0.328 e. The van der Waals surface area contributed by atoms with Crippen LogP contribution < -0.4 is 11.2 Å². The van der Waals surface area contributed by atoms with Gasteiger partial charge in [0.1, 0.15) is 6.54 Å². The molecule has 126 valence electrons. The number of aromatic nitrogens is 2. The van der Waals surface area contributed by atoms with Gasteiger partial charge in [-0.3, -0.25) is 23.9 Å². The van der Waals surface area contributed by atoms with E-state index in [0.717, 1.165) is 21.8 Å². The number of benzene rings is 1. The van der Waals surface area contributed by atoms with Crippen LogP contribution in [0, 0.1) is 13.8 Å². The molecular formula is C17H18N2O5. The molecule has 7 nitrogen and oxygen atoms in total. The van der Waals surface area contributed by atoms with Gasteiger partial charge in [-0.1, -0.05) is 12.1 Å². The second-order valence-corrected chi connectivity index (χ2v) is 5.53. The van der Waals surface area contributed by atoms with Crippen LogP contribution in [0.2, 0.25) is 0 Å². The molecule has 1 heterocycles. The molecule has 2 aromatic rings. The molecule has 0 radical (unpaired) electrons. The Labute approximate surface area is 137 Å². The average Bonchev–Trinajstić information content (AvgIpc) is 2.52. The summed E-state index contributed by atoms with van der Waals surface area (Å²) in [5.74, 6) is -1.06. The van der Waals surface area contributed by atoms with E-state index in [9.17, 15) is 19.2 Å². The monoisotopic (exact) mass is 330 g/mol. The van der Waals surface area contributed by atoms with E-state index in [1.807, 2.05) is 24.9 Å². The number of rotatable bonds is 5. The lowest BCUT2D eigenvalue weighted by atomic mass is 10.0. The average molecular weight is 330 g/mol. The first-order valence-corrected chi connectivity index (χ1v) is 7.38. The molecule has 1 N–H and O–H groups in total. The fourth-order valence-corrected chi connectivity index (χ4v) is 2.13.